The van der Waals surface area contributed by atoms with Gasteiger partial charge in [0.05, 0.1) is 24.4 Å². The first-order chi connectivity index (χ1) is 21.8. The minimum atomic E-state index is -1.32. The van der Waals surface area contributed by atoms with E-state index < -0.39 is 35.0 Å². The van der Waals surface area contributed by atoms with Crippen LogP contribution in [0.25, 0.3) is 5.57 Å². The molecule has 7 heteroatoms. The molecule has 228 valence electrons. The molecule has 0 aromatic heterocycles. The van der Waals surface area contributed by atoms with Gasteiger partial charge in [-0.05, 0) is 60.1 Å². The number of ether oxygens (including phenoxy) is 1. The first-order valence-electron chi connectivity index (χ1n) is 15.7. The van der Waals surface area contributed by atoms with Gasteiger partial charge in [0.25, 0.3) is 0 Å². The predicted molar refractivity (Wildman–Crippen MR) is 168 cm³/mol. The SMILES string of the molecule is CCCN1C(=O)[C@H]2[C@H](CC=C3[C@H]2C[C@H]2C(=O)C(c4ccccc4)=CC(=O)[C@@]2(c2ccccc2)[C@H]3c2ccc(O)c(OC)c2)C1=O. The fourth-order valence-electron chi connectivity index (χ4n) is 8.63. The van der Waals surface area contributed by atoms with Crippen molar-refractivity contribution in [1.29, 1.82) is 0 Å². The first-order valence-corrected chi connectivity index (χ1v) is 15.7. The highest BCUT2D eigenvalue weighted by atomic mass is 16.5. The fraction of sp³-hybridized carbons (Fsp3) is 0.316. The number of carbonyl (C=O) groups excluding carboxylic acids is 4. The third-order valence-electron chi connectivity index (χ3n) is 10.5. The van der Waals surface area contributed by atoms with Crippen molar-refractivity contribution in [1.82, 2.24) is 4.90 Å². The number of fused-ring (bicyclic) bond motifs is 4. The second kappa shape index (κ2) is 11.0. The summed E-state index contributed by atoms with van der Waals surface area (Å²) in [5, 5.41) is 10.5. The van der Waals surface area contributed by atoms with Crippen molar-refractivity contribution in [3.8, 4) is 11.5 Å². The number of allylic oxidation sites excluding steroid dienone is 4. The van der Waals surface area contributed by atoms with Crippen LogP contribution < -0.4 is 4.74 Å². The van der Waals surface area contributed by atoms with Gasteiger partial charge in [-0.25, -0.2) is 0 Å². The van der Waals surface area contributed by atoms with E-state index in [1.54, 1.807) is 18.2 Å². The number of methoxy groups -OCH3 is 1. The number of carbonyl (C=O) groups is 4. The lowest BCUT2D eigenvalue weighted by molar-refractivity contribution is -0.140. The normalized spacial score (nSPS) is 29.0. The summed E-state index contributed by atoms with van der Waals surface area (Å²) in [7, 11) is 1.47. The van der Waals surface area contributed by atoms with Gasteiger partial charge in [-0.1, -0.05) is 85.3 Å². The summed E-state index contributed by atoms with van der Waals surface area (Å²) in [6.07, 6.45) is 4.87. The van der Waals surface area contributed by atoms with Crippen LogP contribution in [-0.2, 0) is 24.6 Å². The monoisotopic (exact) mass is 601 g/mol. The number of nitrogens with zero attached hydrogens (tertiary/aromatic N) is 1. The first kappa shape index (κ1) is 29.0. The average molecular weight is 602 g/mol. The molecule has 7 rings (SSSR count). The minimum absolute atomic E-state index is 0.0410. The molecule has 2 amide bonds. The van der Waals surface area contributed by atoms with Gasteiger partial charge in [-0.15, -0.1) is 0 Å². The van der Waals surface area contributed by atoms with Crippen molar-refractivity contribution >= 4 is 29.0 Å². The molecule has 0 unspecified atom stereocenters. The Morgan fingerprint density at radius 2 is 1.62 bits per heavy atom. The predicted octanol–water partition coefficient (Wildman–Crippen LogP) is 5.64. The third kappa shape index (κ3) is 4.16. The molecule has 45 heavy (non-hydrogen) atoms. The number of ketones is 2. The van der Waals surface area contributed by atoms with Crippen molar-refractivity contribution < 1.29 is 29.0 Å². The van der Waals surface area contributed by atoms with Crippen LogP contribution in [0, 0.1) is 23.7 Å². The molecule has 0 radical (unpaired) electrons. The van der Waals surface area contributed by atoms with E-state index in [2.05, 4.69) is 0 Å². The molecule has 1 saturated carbocycles. The van der Waals surface area contributed by atoms with Gasteiger partial charge >= 0.3 is 0 Å². The molecule has 3 aliphatic carbocycles. The van der Waals surface area contributed by atoms with Gasteiger partial charge < -0.3 is 9.84 Å². The van der Waals surface area contributed by atoms with E-state index in [-0.39, 0.29) is 41.3 Å². The molecular formula is C38H35NO6. The number of phenols is 1. The Bertz CT molecular complexity index is 1780. The molecule has 0 spiro atoms. The molecule has 4 aliphatic rings. The van der Waals surface area contributed by atoms with E-state index in [0.29, 0.717) is 36.1 Å². The second-order valence-corrected chi connectivity index (χ2v) is 12.5. The van der Waals surface area contributed by atoms with Crippen LogP contribution in [0.3, 0.4) is 0 Å². The Morgan fingerprint density at radius 1 is 0.911 bits per heavy atom. The van der Waals surface area contributed by atoms with Crippen molar-refractivity contribution in [2.45, 2.75) is 37.5 Å². The molecule has 0 bridgehead atoms. The van der Waals surface area contributed by atoms with Crippen LogP contribution in [-0.4, -0.2) is 47.0 Å². The summed E-state index contributed by atoms with van der Waals surface area (Å²) >= 11 is 0. The highest BCUT2D eigenvalue weighted by Crippen LogP contribution is 2.63. The van der Waals surface area contributed by atoms with Crippen molar-refractivity contribution in [3.05, 3.63) is 113 Å². The molecular weight excluding hydrogens is 566 g/mol. The number of amides is 2. The number of aromatic hydroxyl groups is 1. The van der Waals surface area contributed by atoms with Crippen LogP contribution in [0.15, 0.2) is 96.6 Å². The number of phenolic OH excluding ortho intramolecular Hbond substituents is 1. The lowest BCUT2D eigenvalue weighted by atomic mass is 9.44. The Morgan fingerprint density at radius 3 is 2.31 bits per heavy atom. The molecule has 1 heterocycles. The van der Waals surface area contributed by atoms with E-state index in [1.807, 2.05) is 73.7 Å². The quantitative estimate of drug-likeness (QED) is 0.290. The van der Waals surface area contributed by atoms with Gasteiger partial charge in [0.2, 0.25) is 11.8 Å². The maximum Gasteiger partial charge on any atom is 0.233 e. The van der Waals surface area contributed by atoms with E-state index in [4.69, 9.17) is 4.74 Å². The Hall–Kier alpha value is -4.78. The smallest absolute Gasteiger partial charge is 0.233 e. The zero-order valence-electron chi connectivity index (χ0n) is 25.3. The molecule has 6 atom stereocenters. The maximum atomic E-state index is 15.0. The average Bonchev–Trinajstić information content (AvgIpc) is 3.31. The van der Waals surface area contributed by atoms with Gasteiger partial charge in [0, 0.05) is 24.0 Å². The zero-order chi connectivity index (χ0) is 31.5. The standard InChI is InChI=1S/C38H35NO6/c1-3-18-39-36(43)26-16-15-25-28(33(26)37(39)44)20-29-35(42)27(22-10-6-4-7-11-22)21-32(41)38(29,24-12-8-5-9-13-24)34(25)23-14-17-30(40)31(19-23)45-2/h4-15,17,19,21,26,28-29,33-34,40H,3,16,18,20H2,1-2H3/t26-,28+,29-,33-,34-,38-/m0/s1. The number of rotatable bonds is 6. The van der Waals surface area contributed by atoms with Gasteiger partial charge in [0.1, 0.15) is 0 Å². The highest BCUT2D eigenvalue weighted by Gasteiger charge is 2.65. The van der Waals surface area contributed by atoms with Gasteiger partial charge in [0.15, 0.2) is 23.1 Å². The molecule has 1 saturated heterocycles. The molecule has 3 aromatic rings. The number of benzene rings is 3. The Kier molecular flexibility index (Phi) is 7.07. The number of hydrogen-bond donors (Lipinski definition) is 1. The third-order valence-corrected chi connectivity index (χ3v) is 10.5. The Labute approximate surface area is 262 Å². The topological polar surface area (TPSA) is 101 Å². The summed E-state index contributed by atoms with van der Waals surface area (Å²) in [5.41, 5.74) is 2.03. The number of likely N-dealkylation sites (tertiary alicyclic amines) is 1. The second-order valence-electron chi connectivity index (χ2n) is 12.5. The zero-order valence-corrected chi connectivity index (χ0v) is 25.3. The van der Waals surface area contributed by atoms with Crippen LogP contribution >= 0.6 is 0 Å². The Balaban J connectivity index is 1.51. The van der Waals surface area contributed by atoms with Crippen molar-refractivity contribution in [3.63, 3.8) is 0 Å². The van der Waals surface area contributed by atoms with Crippen LogP contribution in [0.1, 0.15) is 48.8 Å². The van der Waals surface area contributed by atoms with E-state index in [1.165, 1.54) is 18.1 Å². The lowest BCUT2D eigenvalue weighted by Crippen LogP contribution is -2.58. The molecule has 7 nitrogen and oxygen atoms in total. The van der Waals surface area contributed by atoms with Gasteiger partial charge in [-0.3, -0.25) is 24.1 Å². The van der Waals surface area contributed by atoms with Crippen LogP contribution in [0.5, 0.6) is 11.5 Å². The molecule has 2 fully saturated rings. The van der Waals surface area contributed by atoms with E-state index in [0.717, 1.165) is 11.1 Å². The molecule has 1 aliphatic heterocycles. The number of hydrogen-bond acceptors (Lipinski definition) is 6. The summed E-state index contributed by atoms with van der Waals surface area (Å²) in [4.78, 5) is 58.7. The van der Waals surface area contributed by atoms with Crippen molar-refractivity contribution in [2.75, 3.05) is 13.7 Å². The number of Topliss-reactive ketones (excluding diaryl/α,β-unsaturated/α-hetero) is 1. The molecule has 3 aromatic carbocycles. The fourth-order valence-corrected chi connectivity index (χ4v) is 8.63. The highest BCUT2D eigenvalue weighted by molar-refractivity contribution is 6.31. The van der Waals surface area contributed by atoms with Crippen molar-refractivity contribution in [2.24, 2.45) is 23.7 Å². The van der Waals surface area contributed by atoms with E-state index in [9.17, 15) is 24.3 Å². The summed E-state index contributed by atoms with van der Waals surface area (Å²) < 4.78 is 5.51. The van der Waals surface area contributed by atoms with Crippen LogP contribution in [0.4, 0.5) is 0 Å². The lowest BCUT2D eigenvalue weighted by Gasteiger charge is -2.55. The summed E-state index contributed by atoms with van der Waals surface area (Å²) in [6, 6.07) is 23.7. The van der Waals surface area contributed by atoms with Crippen LogP contribution in [0.2, 0.25) is 0 Å². The summed E-state index contributed by atoms with van der Waals surface area (Å²) in [5.74, 6) is -3.43. The minimum Gasteiger partial charge on any atom is -0.504 e. The van der Waals surface area contributed by atoms with E-state index >= 15 is 0 Å². The maximum absolute atomic E-state index is 15.0. The summed E-state index contributed by atoms with van der Waals surface area (Å²) in [6.45, 7) is 2.31. The largest absolute Gasteiger partial charge is 0.504 e. The van der Waals surface area contributed by atoms with Gasteiger partial charge in [-0.2, -0.15) is 0 Å². The molecule has 1 N–H and O–H groups in total. The number of imide groups is 1.